The van der Waals surface area contributed by atoms with Gasteiger partial charge in [0.2, 0.25) is 6.79 Å². The molecule has 1 aromatic carbocycles. The third kappa shape index (κ3) is 2.30. The number of aryl methyl sites for hydroxylation is 1. The number of ether oxygens (including phenoxy) is 2. The lowest BCUT2D eigenvalue weighted by molar-refractivity contribution is 0.174. The van der Waals surface area contributed by atoms with Crippen LogP contribution in [0.5, 0.6) is 11.5 Å². The smallest absolute Gasteiger partial charge is 0.332 e. The number of hydrogen-bond acceptors (Lipinski definition) is 5. The van der Waals surface area contributed by atoms with Gasteiger partial charge in [-0.2, -0.15) is 0 Å². The van der Waals surface area contributed by atoms with E-state index < -0.39 is 11.2 Å². The SMILES string of the molecule is Cn1c(=O)c2c([nH]c(=S)n2Cc2cc3c(cc2Cl)OCO3)n(C)c1=O. The summed E-state index contributed by atoms with van der Waals surface area (Å²) in [6.07, 6.45) is 0. The first-order valence-corrected chi connectivity index (χ1v) is 8.13. The lowest BCUT2D eigenvalue weighted by Crippen LogP contribution is -2.37. The number of hydrogen-bond donors (Lipinski definition) is 1. The number of fused-ring (bicyclic) bond motifs is 2. The first kappa shape index (κ1) is 16.0. The Kier molecular flexibility index (Phi) is 3.51. The van der Waals surface area contributed by atoms with E-state index in [-0.39, 0.29) is 13.3 Å². The van der Waals surface area contributed by atoms with Gasteiger partial charge in [-0.05, 0) is 23.8 Å². The Bertz CT molecular complexity index is 1200. The lowest BCUT2D eigenvalue weighted by Gasteiger charge is -2.09. The summed E-state index contributed by atoms with van der Waals surface area (Å²) in [5.41, 5.74) is 0.543. The lowest BCUT2D eigenvalue weighted by atomic mass is 10.2. The van der Waals surface area contributed by atoms with Gasteiger partial charge < -0.3 is 19.0 Å². The summed E-state index contributed by atoms with van der Waals surface area (Å²) in [5.74, 6) is 1.17. The summed E-state index contributed by atoms with van der Waals surface area (Å²) in [4.78, 5) is 27.6. The molecule has 1 aliphatic heterocycles. The number of imidazole rings is 1. The predicted octanol–water partition coefficient (Wildman–Crippen LogP) is 1.53. The molecule has 3 heterocycles. The van der Waals surface area contributed by atoms with Crippen molar-refractivity contribution in [3.05, 3.63) is 48.3 Å². The van der Waals surface area contributed by atoms with Gasteiger partial charge >= 0.3 is 5.69 Å². The van der Waals surface area contributed by atoms with Crippen molar-refractivity contribution in [3.63, 3.8) is 0 Å². The van der Waals surface area contributed by atoms with E-state index in [0.717, 1.165) is 10.1 Å². The highest BCUT2D eigenvalue weighted by Gasteiger charge is 2.19. The van der Waals surface area contributed by atoms with Crippen LogP contribution in [0.15, 0.2) is 21.7 Å². The van der Waals surface area contributed by atoms with Crippen molar-refractivity contribution in [2.24, 2.45) is 14.1 Å². The fourth-order valence-corrected chi connectivity index (χ4v) is 3.35. The molecule has 3 aromatic rings. The number of aromatic nitrogens is 4. The molecule has 0 saturated carbocycles. The molecule has 0 unspecified atom stereocenters. The average Bonchev–Trinajstić information content (AvgIpc) is 3.16. The Balaban J connectivity index is 1.95. The molecule has 0 aliphatic carbocycles. The van der Waals surface area contributed by atoms with Crippen LogP contribution in [0.25, 0.3) is 11.2 Å². The second-order valence-electron chi connectivity index (χ2n) is 5.72. The maximum absolute atomic E-state index is 12.6. The normalized spacial score (nSPS) is 12.9. The Labute approximate surface area is 150 Å². The maximum Gasteiger partial charge on any atom is 0.332 e. The van der Waals surface area contributed by atoms with Gasteiger partial charge in [-0.15, -0.1) is 0 Å². The first-order valence-electron chi connectivity index (χ1n) is 7.35. The molecule has 0 spiro atoms. The van der Waals surface area contributed by atoms with E-state index >= 15 is 0 Å². The van der Waals surface area contributed by atoms with Crippen LogP contribution in [0.3, 0.4) is 0 Å². The summed E-state index contributed by atoms with van der Waals surface area (Å²) in [5, 5.41) is 0.474. The van der Waals surface area contributed by atoms with Gasteiger partial charge in [-0.3, -0.25) is 13.9 Å². The van der Waals surface area contributed by atoms with Gasteiger partial charge in [-0.1, -0.05) is 11.6 Å². The number of nitrogens with one attached hydrogen (secondary N) is 1. The van der Waals surface area contributed by atoms with E-state index in [4.69, 9.17) is 33.3 Å². The van der Waals surface area contributed by atoms with Gasteiger partial charge in [0.15, 0.2) is 21.8 Å². The summed E-state index contributed by atoms with van der Waals surface area (Å²) >= 11 is 11.7. The minimum Gasteiger partial charge on any atom is -0.454 e. The maximum atomic E-state index is 12.6. The van der Waals surface area contributed by atoms with E-state index in [9.17, 15) is 9.59 Å². The van der Waals surface area contributed by atoms with E-state index in [1.807, 2.05) is 0 Å². The highest BCUT2D eigenvalue weighted by atomic mass is 35.5. The van der Waals surface area contributed by atoms with Crippen LogP contribution < -0.4 is 20.7 Å². The van der Waals surface area contributed by atoms with E-state index in [1.165, 1.54) is 11.6 Å². The first-order chi connectivity index (χ1) is 11.9. The van der Waals surface area contributed by atoms with Crippen LogP contribution in [-0.4, -0.2) is 25.5 Å². The third-order valence-electron chi connectivity index (χ3n) is 4.25. The molecule has 0 amide bonds. The van der Waals surface area contributed by atoms with Crippen LogP contribution in [0.2, 0.25) is 5.02 Å². The summed E-state index contributed by atoms with van der Waals surface area (Å²) < 4.78 is 15.0. The number of aromatic amines is 1. The summed E-state index contributed by atoms with van der Waals surface area (Å²) in [7, 11) is 3.01. The molecule has 4 rings (SSSR count). The number of rotatable bonds is 2. The van der Waals surface area contributed by atoms with Crippen molar-refractivity contribution in [2.45, 2.75) is 6.54 Å². The van der Waals surface area contributed by atoms with E-state index in [2.05, 4.69) is 4.98 Å². The second-order valence-corrected chi connectivity index (χ2v) is 6.51. The van der Waals surface area contributed by atoms with Crippen LogP contribution in [0, 0.1) is 4.77 Å². The van der Waals surface area contributed by atoms with Crippen LogP contribution in [0.4, 0.5) is 0 Å². The Morgan fingerprint density at radius 3 is 2.60 bits per heavy atom. The largest absolute Gasteiger partial charge is 0.454 e. The average molecular weight is 381 g/mol. The Hall–Kier alpha value is -2.52. The van der Waals surface area contributed by atoms with Gasteiger partial charge in [0.25, 0.3) is 5.56 Å². The highest BCUT2D eigenvalue weighted by Crippen LogP contribution is 2.37. The Morgan fingerprint density at radius 2 is 1.88 bits per heavy atom. The quantitative estimate of drug-likeness (QED) is 0.682. The van der Waals surface area contributed by atoms with E-state index in [1.54, 1.807) is 23.7 Å². The van der Waals surface area contributed by atoms with Crippen molar-refractivity contribution < 1.29 is 9.47 Å². The molecule has 25 heavy (non-hydrogen) atoms. The zero-order chi connectivity index (χ0) is 17.9. The minimum absolute atomic E-state index is 0.143. The molecular weight excluding hydrogens is 368 g/mol. The summed E-state index contributed by atoms with van der Waals surface area (Å²) in [6, 6.07) is 3.43. The van der Waals surface area contributed by atoms with Crippen LogP contribution in [0.1, 0.15) is 5.56 Å². The second kappa shape index (κ2) is 5.50. The molecule has 1 N–H and O–H groups in total. The molecule has 0 saturated heterocycles. The van der Waals surface area contributed by atoms with Crippen molar-refractivity contribution >= 4 is 35.0 Å². The number of nitrogens with zero attached hydrogens (tertiary/aromatic N) is 3. The molecule has 1 aliphatic rings. The van der Waals surface area contributed by atoms with Crippen molar-refractivity contribution in [1.82, 2.24) is 18.7 Å². The fourth-order valence-electron chi connectivity index (χ4n) is 2.88. The van der Waals surface area contributed by atoms with Crippen LogP contribution >= 0.6 is 23.8 Å². The van der Waals surface area contributed by atoms with Crippen molar-refractivity contribution in [1.29, 1.82) is 0 Å². The van der Waals surface area contributed by atoms with Crippen molar-refractivity contribution in [2.75, 3.05) is 6.79 Å². The van der Waals surface area contributed by atoms with Gasteiger partial charge in [0.1, 0.15) is 5.65 Å². The molecule has 130 valence electrons. The Morgan fingerprint density at radius 1 is 1.20 bits per heavy atom. The molecule has 0 bridgehead atoms. The molecule has 2 aromatic heterocycles. The molecule has 0 fully saturated rings. The monoisotopic (exact) mass is 380 g/mol. The zero-order valence-electron chi connectivity index (χ0n) is 13.3. The fraction of sp³-hybridized carbons (Fsp3) is 0.267. The van der Waals surface area contributed by atoms with Gasteiger partial charge in [0, 0.05) is 25.2 Å². The van der Waals surface area contributed by atoms with Gasteiger partial charge in [0.05, 0.1) is 6.54 Å². The summed E-state index contributed by atoms with van der Waals surface area (Å²) in [6.45, 7) is 0.395. The molecular formula is C15H13ClN4O4S. The molecule has 0 atom stereocenters. The predicted molar refractivity (Wildman–Crippen MR) is 94.3 cm³/mol. The molecule has 8 nitrogen and oxygen atoms in total. The van der Waals surface area contributed by atoms with Crippen LogP contribution in [-0.2, 0) is 20.6 Å². The highest BCUT2D eigenvalue weighted by molar-refractivity contribution is 7.71. The minimum atomic E-state index is -0.429. The molecule has 0 radical (unpaired) electrons. The topological polar surface area (TPSA) is 83.2 Å². The standard InChI is InChI=1S/C15H13ClN4O4S/c1-18-12-11(13(21)19(2)15(18)22)20(14(25)17-12)5-7-3-9-10(4-8(7)16)24-6-23-9/h3-4H,5-6H2,1-2H3,(H,17,25). The number of halogens is 1. The zero-order valence-corrected chi connectivity index (χ0v) is 14.9. The third-order valence-corrected chi connectivity index (χ3v) is 4.93. The van der Waals surface area contributed by atoms with E-state index in [0.29, 0.717) is 32.5 Å². The number of benzene rings is 1. The van der Waals surface area contributed by atoms with Gasteiger partial charge in [-0.25, -0.2) is 4.79 Å². The molecule has 10 heteroatoms. The van der Waals surface area contributed by atoms with Crippen molar-refractivity contribution in [3.8, 4) is 11.5 Å². The number of H-pyrrole nitrogens is 1.